The first-order valence-electron chi connectivity index (χ1n) is 7.19. The second-order valence-electron chi connectivity index (χ2n) is 5.61. The zero-order valence-corrected chi connectivity index (χ0v) is 13.0. The minimum atomic E-state index is -4.47. The first-order chi connectivity index (χ1) is 10.8. The molecule has 0 saturated heterocycles. The number of halogens is 3. The van der Waals surface area contributed by atoms with Gasteiger partial charge in [0.05, 0.1) is 16.8 Å². The molecule has 3 aromatic rings. The number of pyridine rings is 2. The summed E-state index contributed by atoms with van der Waals surface area (Å²) in [5.74, 6) is 0. The molecule has 0 atom stereocenters. The molecule has 0 spiro atoms. The Morgan fingerprint density at radius 3 is 2.39 bits per heavy atom. The number of nitrogens with zero attached hydrogens (tertiary/aromatic N) is 2. The highest BCUT2D eigenvalue weighted by molar-refractivity contribution is 5.95. The van der Waals surface area contributed by atoms with Crippen LogP contribution in [0.4, 0.5) is 13.2 Å². The fraction of sp³-hybridized carbons (Fsp3) is 0.222. The minimum absolute atomic E-state index is 0.0655. The molecule has 0 aliphatic heterocycles. The zero-order chi connectivity index (χ0) is 16.8. The Labute approximate surface area is 132 Å². The average molecular weight is 316 g/mol. The van der Waals surface area contributed by atoms with Crippen LogP contribution in [0.5, 0.6) is 0 Å². The summed E-state index contributed by atoms with van der Waals surface area (Å²) < 4.78 is 40.4. The summed E-state index contributed by atoms with van der Waals surface area (Å²) in [7, 11) is 0. The molecule has 0 N–H and O–H groups in total. The summed E-state index contributed by atoms with van der Waals surface area (Å²) in [5.41, 5.74) is 2.22. The van der Waals surface area contributed by atoms with Crippen LogP contribution >= 0.6 is 0 Å². The van der Waals surface area contributed by atoms with E-state index in [0.717, 1.165) is 17.0 Å². The number of hydrogen-bond donors (Lipinski definition) is 0. The summed E-state index contributed by atoms with van der Waals surface area (Å²) in [6, 6.07) is 8.26. The van der Waals surface area contributed by atoms with Gasteiger partial charge in [-0.15, -0.1) is 0 Å². The number of fused-ring (bicyclic) bond motifs is 1. The molecule has 0 radical (unpaired) electrons. The molecule has 118 valence electrons. The van der Waals surface area contributed by atoms with Gasteiger partial charge in [0.1, 0.15) is 0 Å². The van der Waals surface area contributed by atoms with Gasteiger partial charge in [0, 0.05) is 22.8 Å². The summed E-state index contributed by atoms with van der Waals surface area (Å²) in [6.07, 6.45) is -2.88. The van der Waals surface area contributed by atoms with Gasteiger partial charge in [-0.1, -0.05) is 18.2 Å². The molecular weight excluding hydrogens is 301 g/mol. The van der Waals surface area contributed by atoms with Crippen molar-refractivity contribution in [3.8, 4) is 11.3 Å². The first kappa shape index (κ1) is 15.5. The summed E-state index contributed by atoms with van der Waals surface area (Å²) >= 11 is 0. The predicted molar refractivity (Wildman–Crippen MR) is 84.2 cm³/mol. The van der Waals surface area contributed by atoms with E-state index in [0.29, 0.717) is 22.3 Å². The van der Waals surface area contributed by atoms with Gasteiger partial charge in [-0.2, -0.15) is 13.2 Å². The molecule has 1 aromatic carbocycles. The number of benzene rings is 1. The molecule has 2 aromatic heterocycles. The normalized spacial score (nSPS) is 11.9. The fourth-order valence-corrected chi connectivity index (χ4v) is 2.63. The lowest BCUT2D eigenvalue weighted by atomic mass is 9.98. The van der Waals surface area contributed by atoms with Crippen LogP contribution in [0.1, 0.15) is 22.4 Å². The van der Waals surface area contributed by atoms with Crippen LogP contribution in [-0.2, 0) is 6.18 Å². The van der Waals surface area contributed by atoms with E-state index in [1.54, 1.807) is 38.2 Å². The maximum atomic E-state index is 13.5. The lowest BCUT2D eigenvalue weighted by molar-refractivity contribution is -0.137. The highest BCUT2D eigenvalue weighted by Gasteiger charge is 2.35. The second kappa shape index (κ2) is 5.33. The van der Waals surface area contributed by atoms with Crippen LogP contribution in [0, 0.1) is 20.8 Å². The Balaban J connectivity index is 2.40. The van der Waals surface area contributed by atoms with Crippen molar-refractivity contribution in [1.82, 2.24) is 9.97 Å². The van der Waals surface area contributed by atoms with E-state index in [1.165, 1.54) is 0 Å². The third-order valence-electron chi connectivity index (χ3n) is 4.01. The molecule has 2 nitrogen and oxygen atoms in total. The lowest BCUT2D eigenvalue weighted by Crippen LogP contribution is -2.10. The van der Waals surface area contributed by atoms with E-state index >= 15 is 0 Å². The van der Waals surface area contributed by atoms with Crippen molar-refractivity contribution < 1.29 is 13.2 Å². The SMILES string of the molecule is Cc1cc(C(F)(F)F)c(-c2ccc(C)c3cccnc23)nc1C. The Morgan fingerprint density at radius 2 is 1.70 bits per heavy atom. The molecule has 3 rings (SSSR count). The maximum absolute atomic E-state index is 13.5. The van der Waals surface area contributed by atoms with Crippen LogP contribution < -0.4 is 0 Å². The third kappa shape index (κ3) is 2.67. The van der Waals surface area contributed by atoms with Crippen LogP contribution in [0.15, 0.2) is 36.5 Å². The topological polar surface area (TPSA) is 25.8 Å². The predicted octanol–water partition coefficient (Wildman–Crippen LogP) is 5.24. The lowest BCUT2D eigenvalue weighted by Gasteiger charge is -2.16. The first-order valence-corrected chi connectivity index (χ1v) is 7.19. The molecule has 0 aliphatic rings. The molecular formula is C18H15F3N2. The van der Waals surface area contributed by atoms with Gasteiger partial charge < -0.3 is 0 Å². The largest absolute Gasteiger partial charge is 0.418 e. The minimum Gasteiger partial charge on any atom is -0.256 e. The summed E-state index contributed by atoms with van der Waals surface area (Å²) in [5, 5.41) is 0.832. The third-order valence-corrected chi connectivity index (χ3v) is 4.01. The molecule has 0 saturated carbocycles. The van der Waals surface area contributed by atoms with Crippen LogP contribution in [0.2, 0.25) is 0 Å². The smallest absolute Gasteiger partial charge is 0.256 e. The van der Waals surface area contributed by atoms with Gasteiger partial charge in [0.2, 0.25) is 0 Å². The van der Waals surface area contributed by atoms with E-state index < -0.39 is 11.7 Å². The Bertz CT molecular complexity index is 899. The van der Waals surface area contributed by atoms with Crippen LogP contribution in [0.3, 0.4) is 0 Å². The number of rotatable bonds is 1. The molecule has 0 unspecified atom stereocenters. The molecule has 0 amide bonds. The second-order valence-corrected chi connectivity index (χ2v) is 5.61. The highest BCUT2D eigenvalue weighted by atomic mass is 19.4. The van der Waals surface area contributed by atoms with Crippen molar-refractivity contribution in [1.29, 1.82) is 0 Å². The number of aryl methyl sites for hydroxylation is 3. The van der Waals surface area contributed by atoms with Crippen molar-refractivity contribution in [3.63, 3.8) is 0 Å². The van der Waals surface area contributed by atoms with E-state index in [2.05, 4.69) is 9.97 Å². The van der Waals surface area contributed by atoms with Crippen LogP contribution in [-0.4, -0.2) is 9.97 Å². The monoisotopic (exact) mass is 316 g/mol. The van der Waals surface area contributed by atoms with E-state index in [1.807, 2.05) is 13.0 Å². The molecule has 0 aliphatic carbocycles. The van der Waals surface area contributed by atoms with E-state index in [9.17, 15) is 13.2 Å². The number of hydrogen-bond acceptors (Lipinski definition) is 2. The standard InChI is InChI=1S/C18H15F3N2/c1-10-6-7-14(16-13(10)5-4-8-22-16)17-15(18(19,20)21)9-11(2)12(3)23-17/h4-9H,1-3H3. The van der Waals surface area contributed by atoms with Gasteiger partial charge in [-0.25, -0.2) is 0 Å². The summed E-state index contributed by atoms with van der Waals surface area (Å²) in [6.45, 7) is 5.25. The van der Waals surface area contributed by atoms with Crippen molar-refractivity contribution in [2.24, 2.45) is 0 Å². The Hall–Kier alpha value is -2.43. The molecule has 2 heterocycles. The summed E-state index contributed by atoms with van der Waals surface area (Å²) in [4.78, 5) is 8.52. The quantitative estimate of drug-likeness (QED) is 0.613. The van der Waals surface area contributed by atoms with Crippen molar-refractivity contribution >= 4 is 10.9 Å². The van der Waals surface area contributed by atoms with Crippen molar-refractivity contribution in [2.75, 3.05) is 0 Å². The highest BCUT2D eigenvalue weighted by Crippen LogP contribution is 2.39. The molecule has 0 bridgehead atoms. The van der Waals surface area contributed by atoms with Crippen molar-refractivity contribution in [2.45, 2.75) is 26.9 Å². The van der Waals surface area contributed by atoms with Gasteiger partial charge in [-0.3, -0.25) is 9.97 Å². The molecule has 5 heteroatoms. The van der Waals surface area contributed by atoms with Gasteiger partial charge in [-0.05, 0) is 44.0 Å². The van der Waals surface area contributed by atoms with Gasteiger partial charge in [0.15, 0.2) is 0 Å². The Kier molecular flexibility index (Phi) is 3.59. The number of aromatic nitrogens is 2. The zero-order valence-electron chi connectivity index (χ0n) is 13.0. The maximum Gasteiger partial charge on any atom is 0.418 e. The van der Waals surface area contributed by atoms with Crippen LogP contribution in [0.25, 0.3) is 22.2 Å². The van der Waals surface area contributed by atoms with Gasteiger partial charge >= 0.3 is 6.18 Å². The fourth-order valence-electron chi connectivity index (χ4n) is 2.63. The Morgan fingerprint density at radius 1 is 0.957 bits per heavy atom. The van der Waals surface area contributed by atoms with Gasteiger partial charge in [0.25, 0.3) is 0 Å². The van der Waals surface area contributed by atoms with E-state index in [-0.39, 0.29) is 5.69 Å². The van der Waals surface area contributed by atoms with E-state index in [4.69, 9.17) is 0 Å². The molecule has 0 fully saturated rings. The van der Waals surface area contributed by atoms with Crippen molar-refractivity contribution in [3.05, 3.63) is 58.9 Å². The average Bonchev–Trinajstić information content (AvgIpc) is 2.49. The molecule has 23 heavy (non-hydrogen) atoms. The number of alkyl halides is 3.